The molecule has 0 saturated carbocycles. The maximum atomic E-state index is 12.0. The lowest BCUT2D eigenvalue weighted by atomic mass is 10.1. The predicted molar refractivity (Wildman–Crippen MR) is 82.3 cm³/mol. The minimum Gasteiger partial charge on any atom is -0.347 e. The van der Waals surface area contributed by atoms with E-state index in [0.717, 1.165) is 25.4 Å². The van der Waals surface area contributed by atoms with Gasteiger partial charge in [0.2, 0.25) is 0 Å². The third kappa shape index (κ3) is 3.65. The first-order valence-electron chi connectivity index (χ1n) is 5.92. The van der Waals surface area contributed by atoms with Gasteiger partial charge in [0.15, 0.2) is 0 Å². The van der Waals surface area contributed by atoms with Gasteiger partial charge in [0, 0.05) is 13.1 Å². The molecule has 0 atom stereocenters. The Hall–Kier alpha value is -1.17. The normalized spacial score (nSPS) is 10.5. The molecule has 0 saturated heterocycles. The number of halogens is 1. The molecule has 5 heteroatoms. The van der Waals surface area contributed by atoms with E-state index in [1.165, 1.54) is 11.3 Å². The highest BCUT2D eigenvalue weighted by Gasteiger charge is 2.10. The Bertz CT molecular complexity index is 558. The van der Waals surface area contributed by atoms with Crippen molar-refractivity contribution in [2.24, 2.45) is 5.73 Å². The standard InChI is InChI=1S/C14H15BrN2OS/c1-9-6-12(19-13(9)15)14(18)17-8-11-4-2-10(7-16)3-5-11/h2-6H,7-8,16H2,1H3,(H,17,18). The van der Waals surface area contributed by atoms with Crippen LogP contribution in [0.3, 0.4) is 0 Å². The van der Waals surface area contributed by atoms with Crippen molar-refractivity contribution < 1.29 is 4.79 Å². The highest BCUT2D eigenvalue weighted by Crippen LogP contribution is 2.27. The Labute approximate surface area is 125 Å². The summed E-state index contributed by atoms with van der Waals surface area (Å²) in [5, 5.41) is 2.91. The number of carbonyl (C=O) groups is 1. The van der Waals surface area contributed by atoms with Crippen LogP contribution in [0.4, 0.5) is 0 Å². The largest absolute Gasteiger partial charge is 0.347 e. The molecule has 2 rings (SSSR count). The number of aryl methyl sites for hydroxylation is 1. The molecule has 1 aromatic heterocycles. The van der Waals surface area contributed by atoms with Crippen LogP contribution in [0.2, 0.25) is 0 Å². The predicted octanol–water partition coefficient (Wildman–Crippen LogP) is 3.21. The van der Waals surface area contributed by atoms with E-state index in [1.807, 2.05) is 37.3 Å². The number of hydrogen-bond acceptors (Lipinski definition) is 3. The van der Waals surface area contributed by atoms with E-state index in [1.54, 1.807) is 0 Å². The molecule has 3 nitrogen and oxygen atoms in total. The van der Waals surface area contributed by atoms with E-state index >= 15 is 0 Å². The monoisotopic (exact) mass is 338 g/mol. The molecule has 19 heavy (non-hydrogen) atoms. The molecule has 1 aromatic carbocycles. The molecular formula is C14H15BrN2OS. The summed E-state index contributed by atoms with van der Waals surface area (Å²) in [6.45, 7) is 3.04. The Morgan fingerprint density at radius 3 is 2.47 bits per heavy atom. The lowest BCUT2D eigenvalue weighted by Gasteiger charge is -2.04. The van der Waals surface area contributed by atoms with Gasteiger partial charge in [0.25, 0.3) is 5.91 Å². The first-order chi connectivity index (χ1) is 9.10. The molecule has 0 aliphatic heterocycles. The summed E-state index contributed by atoms with van der Waals surface area (Å²) in [5.74, 6) is -0.0401. The van der Waals surface area contributed by atoms with Gasteiger partial charge in [-0.1, -0.05) is 24.3 Å². The number of hydrogen-bond donors (Lipinski definition) is 2. The Morgan fingerprint density at radius 2 is 1.95 bits per heavy atom. The highest BCUT2D eigenvalue weighted by atomic mass is 79.9. The maximum absolute atomic E-state index is 12.0. The molecule has 0 aliphatic rings. The molecule has 0 spiro atoms. The number of nitrogens with two attached hydrogens (primary N) is 1. The molecule has 0 fully saturated rings. The van der Waals surface area contributed by atoms with Crippen LogP contribution in [-0.4, -0.2) is 5.91 Å². The molecule has 1 amide bonds. The summed E-state index contributed by atoms with van der Waals surface area (Å²) in [4.78, 5) is 12.7. The van der Waals surface area contributed by atoms with Crippen LogP contribution >= 0.6 is 27.3 Å². The third-order valence-electron chi connectivity index (χ3n) is 2.79. The summed E-state index contributed by atoms with van der Waals surface area (Å²) >= 11 is 4.87. The third-order valence-corrected chi connectivity index (χ3v) is 4.93. The van der Waals surface area contributed by atoms with Gasteiger partial charge in [0.05, 0.1) is 8.66 Å². The van der Waals surface area contributed by atoms with Gasteiger partial charge in [-0.15, -0.1) is 11.3 Å². The molecule has 0 aliphatic carbocycles. The van der Waals surface area contributed by atoms with Crippen molar-refractivity contribution in [3.05, 3.63) is 55.7 Å². The number of amides is 1. The molecule has 0 bridgehead atoms. The number of nitrogens with one attached hydrogen (secondary N) is 1. The number of benzene rings is 1. The molecule has 100 valence electrons. The zero-order valence-corrected chi connectivity index (χ0v) is 13.0. The van der Waals surface area contributed by atoms with E-state index in [-0.39, 0.29) is 5.91 Å². The van der Waals surface area contributed by atoms with Crippen molar-refractivity contribution in [3.8, 4) is 0 Å². The Morgan fingerprint density at radius 1 is 1.32 bits per heavy atom. The topological polar surface area (TPSA) is 55.1 Å². The second kappa shape index (κ2) is 6.32. The van der Waals surface area contributed by atoms with E-state index in [2.05, 4.69) is 21.2 Å². The second-order valence-electron chi connectivity index (χ2n) is 4.27. The fourth-order valence-corrected chi connectivity index (χ4v) is 3.09. The second-order valence-corrected chi connectivity index (χ2v) is 6.64. The first-order valence-corrected chi connectivity index (χ1v) is 7.53. The lowest BCUT2D eigenvalue weighted by molar-refractivity contribution is 0.0955. The highest BCUT2D eigenvalue weighted by molar-refractivity contribution is 9.11. The van der Waals surface area contributed by atoms with E-state index in [9.17, 15) is 4.79 Å². The van der Waals surface area contributed by atoms with E-state index < -0.39 is 0 Å². The number of carbonyl (C=O) groups excluding carboxylic acids is 1. The minimum absolute atomic E-state index is 0.0401. The van der Waals surface area contributed by atoms with Crippen molar-refractivity contribution in [2.45, 2.75) is 20.0 Å². The van der Waals surface area contributed by atoms with Crippen molar-refractivity contribution in [3.63, 3.8) is 0 Å². The summed E-state index contributed by atoms with van der Waals surface area (Å²) in [5.41, 5.74) is 8.79. The molecule has 1 heterocycles. The average Bonchev–Trinajstić information content (AvgIpc) is 2.77. The van der Waals surface area contributed by atoms with E-state index in [0.29, 0.717) is 13.1 Å². The molecule has 2 aromatic rings. The van der Waals surface area contributed by atoms with Crippen LogP contribution in [0.15, 0.2) is 34.1 Å². The van der Waals surface area contributed by atoms with Gasteiger partial charge >= 0.3 is 0 Å². The SMILES string of the molecule is Cc1cc(C(=O)NCc2ccc(CN)cc2)sc1Br. The lowest BCUT2D eigenvalue weighted by Crippen LogP contribution is -2.21. The van der Waals surface area contributed by atoms with Gasteiger partial charge in [-0.2, -0.15) is 0 Å². The fourth-order valence-electron chi connectivity index (χ4n) is 1.63. The van der Waals surface area contributed by atoms with Crippen LogP contribution in [0.25, 0.3) is 0 Å². The summed E-state index contributed by atoms with van der Waals surface area (Å²) < 4.78 is 1.00. The van der Waals surface area contributed by atoms with Crippen LogP contribution in [0.1, 0.15) is 26.4 Å². The summed E-state index contributed by atoms with van der Waals surface area (Å²) in [6, 6.07) is 9.82. The smallest absolute Gasteiger partial charge is 0.261 e. The fraction of sp³-hybridized carbons (Fsp3) is 0.214. The van der Waals surface area contributed by atoms with Gasteiger partial charge in [-0.3, -0.25) is 4.79 Å². The zero-order chi connectivity index (χ0) is 13.8. The summed E-state index contributed by atoms with van der Waals surface area (Å²) in [6.07, 6.45) is 0. The van der Waals surface area contributed by atoms with Gasteiger partial charge in [0.1, 0.15) is 0 Å². The quantitative estimate of drug-likeness (QED) is 0.899. The molecular weight excluding hydrogens is 324 g/mol. The van der Waals surface area contributed by atoms with Gasteiger partial charge < -0.3 is 11.1 Å². The Balaban J connectivity index is 1.96. The van der Waals surface area contributed by atoms with Crippen molar-refractivity contribution in [1.29, 1.82) is 0 Å². The zero-order valence-electron chi connectivity index (χ0n) is 10.6. The van der Waals surface area contributed by atoms with Crippen LogP contribution < -0.4 is 11.1 Å². The van der Waals surface area contributed by atoms with Gasteiger partial charge in [-0.05, 0) is 45.6 Å². The van der Waals surface area contributed by atoms with Gasteiger partial charge in [-0.25, -0.2) is 0 Å². The molecule has 0 radical (unpaired) electrons. The van der Waals surface area contributed by atoms with E-state index in [4.69, 9.17) is 5.73 Å². The van der Waals surface area contributed by atoms with Crippen molar-refractivity contribution in [2.75, 3.05) is 0 Å². The first kappa shape index (κ1) is 14.2. The van der Waals surface area contributed by atoms with Crippen LogP contribution in [0, 0.1) is 6.92 Å². The van der Waals surface area contributed by atoms with Crippen molar-refractivity contribution in [1.82, 2.24) is 5.32 Å². The minimum atomic E-state index is -0.0401. The molecule has 3 N–H and O–H groups in total. The van der Waals surface area contributed by atoms with Crippen LogP contribution in [0.5, 0.6) is 0 Å². The summed E-state index contributed by atoms with van der Waals surface area (Å²) in [7, 11) is 0. The average molecular weight is 339 g/mol. The number of rotatable bonds is 4. The number of thiophene rings is 1. The molecule has 0 unspecified atom stereocenters. The Kier molecular flexibility index (Phi) is 4.74. The van der Waals surface area contributed by atoms with Crippen LogP contribution in [-0.2, 0) is 13.1 Å². The maximum Gasteiger partial charge on any atom is 0.261 e. The van der Waals surface area contributed by atoms with Crippen molar-refractivity contribution >= 4 is 33.2 Å².